The van der Waals surface area contributed by atoms with Crippen LogP contribution in [-0.4, -0.2) is 25.3 Å². The number of benzene rings is 1. The molecule has 21 heavy (non-hydrogen) atoms. The quantitative estimate of drug-likeness (QED) is 0.545. The van der Waals surface area contributed by atoms with Crippen molar-refractivity contribution in [3.05, 3.63) is 35.6 Å². The molecule has 4 heteroatoms. The van der Waals surface area contributed by atoms with E-state index in [1.165, 1.54) is 0 Å². The molecule has 114 valence electrons. The third kappa shape index (κ3) is 3.52. The minimum absolute atomic E-state index is 0.0741. The van der Waals surface area contributed by atoms with Crippen molar-refractivity contribution in [2.24, 2.45) is 0 Å². The van der Waals surface area contributed by atoms with Crippen LogP contribution in [0.25, 0.3) is 11.0 Å². The molecule has 0 fully saturated rings. The molecular weight excluding hydrogens is 268 g/mol. The summed E-state index contributed by atoms with van der Waals surface area (Å²) in [5.41, 5.74) is 1.71. The van der Waals surface area contributed by atoms with Crippen molar-refractivity contribution in [2.75, 3.05) is 13.2 Å². The lowest BCUT2D eigenvalue weighted by atomic mass is 10.0. The van der Waals surface area contributed by atoms with Gasteiger partial charge in [-0.1, -0.05) is 25.1 Å². The van der Waals surface area contributed by atoms with Gasteiger partial charge in [-0.3, -0.25) is 4.79 Å². The van der Waals surface area contributed by atoms with Gasteiger partial charge in [-0.2, -0.15) is 0 Å². The molecule has 2 aromatic rings. The van der Waals surface area contributed by atoms with Crippen LogP contribution in [0.2, 0.25) is 0 Å². The minimum atomic E-state index is -0.509. The molecule has 0 radical (unpaired) electrons. The summed E-state index contributed by atoms with van der Waals surface area (Å²) in [6.45, 7) is 6.82. The Morgan fingerprint density at radius 2 is 1.81 bits per heavy atom. The Morgan fingerprint density at radius 1 is 1.14 bits per heavy atom. The van der Waals surface area contributed by atoms with Gasteiger partial charge in [0.15, 0.2) is 12.1 Å². The van der Waals surface area contributed by atoms with Gasteiger partial charge in [-0.15, -0.1) is 0 Å². The SMILES string of the molecule is CCOC(CC(=O)c1oc2ccccc2c1CC)OCC. The minimum Gasteiger partial charge on any atom is -0.453 e. The van der Waals surface area contributed by atoms with Crippen molar-refractivity contribution >= 4 is 16.8 Å². The van der Waals surface area contributed by atoms with Crippen LogP contribution in [0.1, 0.15) is 43.3 Å². The van der Waals surface area contributed by atoms with E-state index in [9.17, 15) is 4.79 Å². The largest absolute Gasteiger partial charge is 0.453 e. The maximum atomic E-state index is 12.5. The Labute approximate surface area is 125 Å². The Morgan fingerprint density at radius 3 is 2.43 bits per heavy atom. The summed E-state index contributed by atoms with van der Waals surface area (Å²) in [6, 6.07) is 7.72. The lowest BCUT2D eigenvalue weighted by Gasteiger charge is -2.15. The fourth-order valence-corrected chi connectivity index (χ4v) is 2.46. The molecule has 0 unspecified atom stereocenters. The van der Waals surface area contributed by atoms with E-state index in [0.717, 1.165) is 23.0 Å². The zero-order chi connectivity index (χ0) is 15.2. The maximum Gasteiger partial charge on any atom is 0.203 e. The average Bonchev–Trinajstić information content (AvgIpc) is 2.86. The summed E-state index contributed by atoms with van der Waals surface area (Å²) < 4.78 is 16.6. The summed E-state index contributed by atoms with van der Waals surface area (Å²) in [6.07, 6.45) is 0.422. The number of carbonyl (C=O) groups excluding carboxylic acids is 1. The number of rotatable bonds is 8. The second-order valence-corrected chi connectivity index (χ2v) is 4.73. The van der Waals surface area contributed by atoms with E-state index in [1.807, 2.05) is 45.0 Å². The highest BCUT2D eigenvalue weighted by molar-refractivity contribution is 6.00. The van der Waals surface area contributed by atoms with Crippen LogP contribution in [0.5, 0.6) is 0 Å². The smallest absolute Gasteiger partial charge is 0.203 e. The highest BCUT2D eigenvalue weighted by atomic mass is 16.7. The number of hydrogen-bond donors (Lipinski definition) is 0. The first-order chi connectivity index (χ1) is 10.2. The number of ketones is 1. The van der Waals surface area contributed by atoms with Gasteiger partial charge in [-0.05, 0) is 26.3 Å². The molecule has 0 N–H and O–H groups in total. The van der Waals surface area contributed by atoms with Gasteiger partial charge in [0.2, 0.25) is 5.78 Å². The predicted molar refractivity (Wildman–Crippen MR) is 81.6 cm³/mol. The number of para-hydroxylation sites is 1. The summed E-state index contributed by atoms with van der Waals surface area (Å²) in [5.74, 6) is 0.359. The highest BCUT2D eigenvalue weighted by Gasteiger charge is 2.22. The summed E-state index contributed by atoms with van der Waals surface area (Å²) in [4.78, 5) is 12.5. The molecule has 0 aliphatic rings. The van der Waals surface area contributed by atoms with Gasteiger partial charge >= 0.3 is 0 Å². The molecule has 0 atom stereocenters. The first kappa shape index (κ1) is 15.7. The number of furan rings is 1. The zero-order valence-corrected chi connectivity index (χ0v) is 12.8. The monoisotopic (exact) mass is 290 g/mol. The molecule has 4 nitrogen and oxygen atoms in total. The number of hydrogen-bond acceptors (Lipinski definition) is 4. The van der Waals surface area contributed by atoms with E-state index >= 15 is 0 Å². The van der Waals surface area contributed by atoms with Crippen LogP contribution >= 0.6 is 0 Å². The van der Waals surface area contributed by atoms with Crippen LogP contribution in [0, 0.1) is 0 Å². The Bertz CT molecular complexity index is 594. The molecule has 0 aliphatic heterocycles. The van der Waals surface area contributed by atoms with Gasteiger partial charge in [0, 0.05) is 24.2 Å². The number of ether oxygens (including phenoxy) is 2. The molecule has 1 aromatic heterocycles. The van der Waals surface area contributed by atoms with Crippen molar-refractivity contribution in [1.29, 1.82) is 0 Å². The number of aryl methyl sites for hydroxylation is 1. The van der Waals surface area contributed by atoms with E-state index < -0.39 is 6.29 Å². The second kappa shape index (κ2) is 7.38. The van der Waals surface area contributed by atoms with E-state index in [4.69, 9.17) is 13.9 Å². The van der Waals surface area contributed by atoms with Crippen LogP contribution in [0.3, 0.4) is 0 Å². The van der Waals surface area contributed by atoms with Gasteiger partial charge < -0.3 is 13.9 Å². The molecule has 0 amide bonds. The molecule has 1 heterocycles. The lowest BCUT2D eigenvalue weighted by molar-refractivity contribution is -0.133. The Balaban J connectivity index is 2.26. The number of carbonyl (C=O) groups is 1. The highest BCUT2D eigenvalue weighted by Crippen LogP contribution is 2.27. The van der Waals surface area contributed by atoms with Gasteiger partial charge in [0.1, 0.15) is 5.58 Å². The first-order valence-corrected chi connectivity index (χ1v) is 7.48. The zero-order valence-electron chi connectivity index (χ0n) is 12.8. The van der Waals surface area contributed by atoms with E-state index in [2.05, 4.69) is 0 Å². The Hall–Kier alpha value is -1.65. The van der Waals surface area contributed by atoms with E-state index in [1.54, 1.807) is 0 Å². The summed E-state index contributed by atoms with van der Waals surface area (Å²) >= 11 is 0. The second-order valence-electron chi connectivity index (χ2n) is 4.73. The first-order valence-electron chi connectivity index (χ1n) is 7.48. The summed E-state index contributed by atoms with van der Waals surface area (Å²) in [7, 11) is 0. The third-order valence-electron chi connectivity index (χ3n) is 3.36. The topological polar surface area (TPSA) is 48.7 Å². The lowest BCUT2D eigenvalue weighted by Crippen LogP contribution is -2.21. The van der Waals surface area contributed by atoms with Crippen molar-refractivity contribution < 1.29 is 18.7 Å². The van der Waals surface area contributed by atoms with Crippen molar-refractivity contribution in [3.63, 3.8) is 0 Å². The molecule has 0 spiro atoms. The molecule has 0 bridgehead atoms. The van der Waals surface area contributed by atoms with Crippen molar-refractivity contribution in [1.82, 2.24) is 0 Å². The molecular formula is C17H22O4. The van der Waals surface area contributed by atoms with Crippen LogP contribution in [-0.2, 0) is 15.9 Å². The van der Waals surface area contributed by atoms with Crippen LogP contribution < -0.4 is 0 Å². The molecule has 0 aliphatic carbocycles. The average molecular weight is 290 g/mol. The van der Waals surface area contributed by atoms with E-state index in [0.29, 0.717) is 19.0 Å². The standard InChI is InChI=1S/C17H22O4/c1-4-12-13-9-7-8-10-15(13)21-17(12)14(18)11-16(19-5-2)20-6-3/h7-10,16H,4-6,11H2,1-3H3. The molecule has 0 saturated carbocycles. The van der Waals surface area contributed by atoms with Crippen LogP contribution in [0.4, 0.5) is 0 Å². The van der Waals surface area contributed by atoms with Crippen LogP contribution in [0.15, 0.2) is 28.7 Å². The summed E-state index contributed by atoms with van der Waals surface area (Å²) in [5, 5.41) is 1.01. The molecule has 2 rings (SSSR count). The fourth-order valence-electron chi connectivity index (χ4n) is 2.46. The third-order valence-corrected chi connectivity index (χ3v) is 3.36. The van der Waals surface area contributed by atoms with Crippen molar-refractivity contribution in [3.8, 4) is 0 Å². The molecule has 0 saturated heterocycles. The number of Topliss-reactive ketones (excluding diaryl/α,β-unsaturated/α-hetero) is 1. The van der Waals surface area contributed by atoms with Gasteiger partial charge in [-0.25, -0.2) is 0 Å². The number of fused-ring (bicyclic) bond motifs is 1. The predicted octanol–water partition coefficient (Wildman–Crippen LogP) is 3.97. The van der Waals surface area contributed by atoms with E-state index in [-0.39, 0.29) is 12.2 Å². The van der Waals surface area contributed by atoms with Crippen molar-refractivity contribution in [2.45, 2.75) is 39.9 Å². The Kier molecular flexibility index (Phi) is 5.53. The van der Waals surface area contributed by atoms with Gasteiger partial charge in [0.25, 0.3) is 0 Å². The normalized spacial score (nSPS) is 11.4. The fraction of sp³-hybridized carbons (Fsp3) is 0.471. The maximum absolute atomic E-state index is 12.5. The molecule has 1 aromatic carbocycles. The van der Waals surface area contributed by atoms with Gasteiger partial charge in [0.05, 0.1) is 6.42 Å².